The Hall–Kier alpha value is -3.90. The highest BCUT2D eigenvalue weighted by Gasteiger charge is 2.29. The van der Waals surface area contributed by atoms with Gasteiger partial charge in [-0.25, -0.2) is 14.4 Å². The van der Waals surface area contributed by atoms with Crippen LogP contribution in [0.4, 0.5) is 4.39 Å². The van der Waals surface area contributed by atoms with E-state index in [4.69, 9.17) is 8.83 Å². The quantitative estimate of drug-likeness (QED) is 0.340. The molecule has 5 aromatic rings. The van der Waals surface area contributed by atoms with Crippen LogP contribution in [0.2, 0.25) is 19.6 Å². The van der Waals surface area contributed by atoms with Gasteiger partial charge in [-0.3, -0.25) is 0 Å². The molecular formula is C24H20FN5O2Si. The molecule has 0 aliphatic carbocycles. The largest absolute Gasteiger partial charge is 0.451 e. The summed E-state index contributed by atoms with van der Waals surface area (Å²) in [6.07, 6.45) is 1.43. The zero-order valence-corrected chi connectivity index (χ0v) is 19.8. The number of nitrogens with zero attached hydrogens (tertiary/aromatic N) is 5. The van der Waals surface area contributed by atoms with Crippen LogP contribution in [0.3, 0.4) is 0 Å². The number of aromatic nitrogens is 4. The maximum atomic E-state index is 15.1. The van der Waals surface area contributed by atoms with E-state index < -0.39 is 13.9 Å². The summed E-state index contributed by atoms with van der Waals surface area (Å²) < 4.78 is 27.2. The number of hydrogen-bond donors (Lipinski definition) is 0. The normalized spacial score (nSPS) is 11.9. The first-order valence-electron chi connectivity index (χ1n) is 10.4. The molecule has 2 aromatic carbocycles. The van der Waals surface area contributed by atoms with Crippen LogP contribution in [0.1, 0.15) is 16.7 Å². The van der Waals surface area contributed by atoms with E-state index in [0.29, 0.717) is 27.7 Å². The van der Waals surface area contributed by atoms with Gasteiger partial charge in [0.05, 0.1) is 5.39 Å². The molecule has 7 nitrogen and oxygen atoms in total. The zero-order chi connectivity index (χ0) is 23.5. The van der Waals surface area contributed by atoms with E-state index in [9.17, 15) is 5.26 Å². The van der Waals surface area contributed by atoms with Crippen LogP contribution in [0.5, 0.6) is 0 Å². The lowest BCUT2D eigenvalue weighted by atomic mass is 10.0. The Labute approximate surface area is 189 Å². The minimum Gasteiger partial charge on any atom is -0.451 e. The van der Waals surface area contributed by atoms with Crippen LogP contribution in [0.15, 0.2) is 39.4 Å². The van der Waals surface area contributed by atoms with Crippen molar-refractivity contribution < 1.29 is 13.2 Å². The molecular weight excluding hydrogens is 437 g/mol. The lowest BCUT2D eigenvalue weighted by Crippen LogP contribution is -2.38. The van der Waals surface area contributed by atoms with Gasteiger partial charge in [0.15, 0.2) is 24.8 Å². The molecule has 3 heterocycles. The fourth-order valence-corrected chi connectivity index (χ4v) is 4.69. The molecule has 0 bridgehead atoms. The number of nitriles is 1. The first-order valence-corrected chi connectivity index (χ1v) is 13.9. The zero-order valence-electron chi connectivity index (χ0n) is 18.8. The molecule has 0 saturated carbocycles. The van der Waals surface area contributed by atoms with Gasteiger partial charge in [-0.15, -0.1) is 10.2 Å². The number of rotatable bonds is 3. The van der Waals surface area contributed by atoms with E-state index in [-0.39, 0.29) is 22.6 Å². The highest BCUT2D eigenvalue weighted by Crippen LogP contribution is 2.40. The van der Waals surface area contributed by atoms with Gasteiger partial charge >= 0.3 is 0 Å². The fraction of sp³-hybridized carbons (Fsp3) is 0.208. The molecule has 0 atom stereocenters. The molecule has 0 spiro atoms. The molecule has 0 fully saturated rings. The number of furan rings is 1. The predicted molar refractivity (Wildman–Crippen MR) is 125 cm³/mol. The van der Waals surface area contributed by atoms with Gasteiger partial charge in [-0.2, -0.15) is 5.26 Å². The Morgan fingerprint density at radius 1 is 0.939 bits per heavy atom. The summed E-state index contributed by atoms with van der Waals surface area (Å²) in [5, 5.41) is 18.4. The number of hydrogen-bond acceptors (Lipinski definition) is 7. The maximum Gasteiger partial charge on any atom is 0.252 e. The highest BCUT2D eigenvalue weighted by molar-refractivity contribution is 6.87. The van der Waals surface area contributed by atoms with Crippen molar-refractivity contribution in [2.75, 3.05) is 0 Å². The Kier molecular flexibility index (Phi) is 4.65. The summed E-state index contributed by atoms with van der Waals surface area (Å²) in [6, 6.07) is 9.25. The standard InChI is InChI=1S/C24H20FN5O2Si/c1-12-6-13(2)8-14(7-12)19-22-20(28-11-27-19)15-9-17(25)16(10-26)18(21(15)31-22)23-29-30-24(32-23)33(3,4)5/h6-9,11H,1-5H3. The predicted octanol–water partition coefficient (Wildman–Crippen LogP) is 5.27. The van der Waals surface area contributed by atoms with Gasteiger partial charge in [-0.05, 0) is 32.0 Å². The lowest BCUT2D eigenvalue weighted by molar-refractivity contribution is 0.591. The van der Waals surface area contributed by atoms with Crippen LogP contribution in [-0.2, 0) is 0 Å². The number of aryl methyl sites for hydroxylation is 2. The Balaban J connectivity index is 1.86. The second-order valence-corrected chi connectivity index (χ2v) is 14.1. The van der Waals surface area contributed by atoms with Crippen molar-refractivity contribution in [1.82, 2.24) is 20.2 Å². The van der Waals surface area contributed by atoms with Crippen molar-refractivity contribution in [3.05, 3.63) is 53.1 Å². The third-order valence-corrected chi connectivity index (χ3v) is 6.87. The van der Waals surface area contributed by atoms with Crippen molar-refractivity contribution in [3.8, 4) is 28.8 Å². The van der Waals surface area contributed by atoms with Crippen molar-refractivity contribution in [1.29, 1.82) is 5.26 Å². The summed E-state index contributed by atoms with van der Waals surface area (Å²) in [5.74, 6) is -0.657. The first-order chi connectivity index (χ1) is 15.7. The number of fused-ring (bicyclic) bond motifs is 3. The third kappa shape index (κ3) is 3.39. The van der Waals surface area contributed by atoms with Gasteiger partial charge in [0.25, 0.3) is 5.89 Å². The third-order valence-electron chi connectivity index (χ3n) is 5.38. The molecule has 0 radical (unpaired) electrons. The summed E-state index contributed by atoms with van der Waals surface area (Å²) >= 11 is 0. The SMILES string of the molecule is Cc1cc(C)cc(-c2ncnc3c2oc2c(-c4nnc([Si](C)(C)C)o4)c(C#N)c(F)cc23)c1. The van der Waals surface area contributed by atoms with Gasteiger partial charge in [-0.1, -0.05) is 36.8 Å². The van der Waals surface area contributed by atoms with Crippen LogP contribution in [0.25, 0.3) is 44.8 Å². The van der Waals surface area contributed by atoms with Gasteiger partial charge in [0.1, 0.15) is 40.6 Å². The van der Waals surface area contributed by atoms with E-state index in [1.807, 2.05) is 32.0 Å². The maximum absolute atomic E-state index is 15.1. The van der Waals surface area contributed by atoms with Gasteiger partial charge in [0, 0.05) is 5.56 Å². The number of benzene rings is 2. The minimum atomic E-state index is -1.92. The van der Waals surface area contributed by atoms with E-state index in [0.717, 1.165) is 16.7 Å². The Morgan fingerprint density at radius 3 is 2.30 bits per heavy atom. The van der Waals surface area contributed by atoms with Crippen molar-refractivity contribution in [2.24, 2.45) is 0 Å². The second-order valence-electron chi connectivity index (χ2n) is 9.14. The first kappa shape index (κ1) is 21.0. The van der Waals surface area contributed by atoms with E-state index in [1.54, 1.807) is 0 Å². The lowest BCUT2D eigenvalue weighted by Gasteiger charge is -2.08. The minimum absolute atomic E-state index is 0.0495. The number of halogens is 1. The van der Waals surface area contributed by atoms with E-state index in [2.05, 4.69) is 45.9 Å². The van der Waals surface area contributed by atoms with E-state index in [1.165, 1.54) is 12.4 Å². The molecule has 0 aliphatic heterocycles. The second kappa shape index (κ2) is 7.32. The topological polar surface area (TPSA) is 102 Å². The average molecular weight is 458 g/mol. The molecule has 9 heteroatoms. The van der Waals surface area contributed by atoms with Crippen LogP contribution >= 0.6 is 0 Å². The molecule has 5 rings (SSSR count). The Bertz CT molecular complexity index is 1590. The summed E-state index contributed by atoms with van der Waals surface area (Å²) in [7, 11) is -1.92. The molecule has 3 aromatic heterocycles. The Morgan fingerprint density at radius 2 is 1.67 bits per heavy atom. The van der Waals surface area contributed by atoms with Crippen molar-refractivity contribution in [2.45, 2.75) is 33.5 Å². The molecule has 0 aliphatic rings. The molecule has 0 amide bonds. The molecule has 0 N–H and O–H groups in total. The van der Waals surface area contributed by atoms with Crippen molar-refractivity contribution in [3.63, 3.8) is 0 Å². The fourth-order valence-electron chi connectivity index (χ4n) is 3.94. The molecule has 164 valence electrons. The van der Waals surface area contributed by atoms with Crippen LogP contribution < -0.4 is 5.51 Å². The van der Waals surface area contributed by atoms with Crippen molar-refractivity contribution >= 4 is 35.7 Å². The highest BCUT2D eigenvalue weighted by atomic mass is 28.3. The summed E-state index contributed by atoms with van der Waals surface area (Å²) in [4.78, 5) is 8.81. The molecule has 33 heavy (non-hydrogen) atoms. The smallest absolute Gasteiger partial charge is 0.252 e. The van der Waals surface area contributed by atoms with E-state index >= 15 is 4.39 Å². The summed E-state index contributed by atoms with van der Waals surface area (Å²) in [5.41, 5.74) is 5.14. The molecule has 0 saturated heterocycles. The molecule has 0 unspecified atom stereocenters. The monoisotopic (exact) mass is 457 g/mol. The van der Waals surface area contributed by atoms with Crippen LogP contribution in [-0.4, -0.2) is 28.2 Å². The average Bonchev–Trinajstić information content (AvgIpc) is 3.37. The van der Waals surface area contributed by atoms with Crippen LogP contribution in [0, 0.1) is 31.0 Å². The summed E-state index contributed by atoms with van der Waals surface area (Å²) in [6.45, 7) is 10.2. The van der Waals surface area contributed by atoms with Gasteiger partial charge in [0.2, 0.25) is 0 Å². The van der Waals surface area contributed by atoms with Gasteiger partial charge < -0.3 is 8.83 Å².